The van der Waals surface area contributed by atoms with E-state index in [1.165, 1.54) is 13.1 Å². The molecule has 0 saturated carbocycles. The zero-order chi connectivity index (χ0) is 11.7. The van der Waals surface area contributed by atoms with Gasteiger partial charge in [0.1, 0.15) is 12.6 Å². The maximum absolute atomic E-state index is 11.1. The summed E-state index contributed by atoms with van der Waals surface area (Å²) in [5.74, 6) is -1.15. The maximum atomic E-state index is 11.1. The van der Waals surface area contributed by atoms with E-state index >= 15 is 0 Å². The topological polar surface area (TPSA) is 75.6 Å². The van der Waals surface area contributed by atoms with Crippen molar-refractivity contribution in [1.29, 1.82) is 0 Å². The Bertz CT molecular complexity index is 238. The van der Waals surface area contributed by atoms with Crippen molar-refractivity contribution in [3.05, 3.63) is 12.2 Å². The molecule has 0 aliphatic rings. The summed E-state index contributed by atoms with van der Waals surface area (Å²) in [4.78, 5) is 21.6. The van der Waals surface area contributed by atoms with Crippen LogP contribution in [0.2, 0.25) is 0 Å². The SMILES string of the molecule is CC/C=C/C(=O)COC[C@H](NC)C(=O)O. The van der Waals surface area contributed by atoms with Gasteiger partial charge in [-0.15, -0.1) is 0 Å². The number of ether oxygens (including phenoxy) is 1. The summed E-state index contributed by atoms with van der Waals surface area (Å²) in [5.41, 5.74) is 0. The molecule has 0 aliphatic heterocycles. The molecule has 0 aliphatic carbocycles. The molecule has 5 nitrogen and oxygen atoms in total. The van der Waals surface area contributed by atoms with Crippen molar-refractivity contribution in [2.75, 3.05) is 20.3 Å². The molecule has 0 fully saturated rings. The number of likely N-dealkylation sites (N-methyl/N-ethyl adjacent to an activating group) is 1. The van der Waals surface area contributed by atoms with Gasteiger partial charge in [0.2, 0.25) is 0 Å². The number of hydrogen-bond donors (Lipinski definition) is 2. The third-order valence-corrected chi connectivity index (χ3v) is 1.71. The van der Waals surface area contributed by atoms with Gasteiger partial charge < -0.3 is 15.2 Å². The van der Waals surface area contributed by atoms with Crippen molar-refractivity contribution in [3.63, 3.8) is 0 Å². The number of hydrogen-bond acceptors (Lipinski definition) is 4. The number of ketones is 1. The molecule has 0 saturated heterocycles. The van der Waals surface area contributed by atoms with Crippen LogP contribution in [-0.4, -0.2) is 43.2 Å². The second kappa shape index (κ2) is 8.14. The number of carbonyl (C=O) groups excluding carboxylic acids is 1. The number of nitrogens with one attached hydrogen (secondary N) is 1. The average molecular weight is 215 g/mol. The van der Waals surface area contributed by atoms with Crippen LogP contribution in [0.1, 0.15) is 13.3 Å². The van der Waals surface area contributed by atoms with E-state index in [-0.39, 0.29) is 19.0 Å². The van der Waals surface area contributed by atoms with E-state index in [0.29, 0.717) is 0 Å². The molecule has 1 atom stereocenters. The predicted molar refractivity (Wildman–Crippen MR) is 55.7 cm³/mol. The molecule has 0 unspecified atom stereocenters. The van der Waals surface area contributed by atoms with E-state index in [9.17, 15) is 9.59 Å². The first-order chi connectivity index (χ1) is 7.11. The van der Waals surface area contributed by atoms with Crippen molar-refractivity contribution in [3.8, 4) is 0 Å². The molecular formula is C10H17NO4. The van der Waals surface area contributed by atoms with E-state index in [0.717, 1.165) is 6.42 Å². The number of carbonyl (C=O) groups is 2. The van der Waals surface area contributed by atoms with Crippen molar-refractivity contribution in [1.82, 2.24) is 5.32 Å². The van der Waals surface area contributed by atoms with Gasteiger partial charge in [-0.05, 0) is 19.5 Å². The lowest BCUT2D eigenvalue weighted by Gasteiger charge is -2.10. The van der Waals surface area contributed by atoms with E-state index in [2.05, 4.69) is 5.32 Å². The first kappa shape index (κ1) is 13.8. The van der Waals surface area contributed by atoms with Gasteiger partial charge in [-0.25, -0.2) is 0 Å². The number of carboxylic acid groups (broad SMARTS) is 1. The van der Waals surface area contributed by atoms with Crippen LogP contribution >= 0.6 is 0 Å². The second-order valence-corrected chi connectivity index (χ2v) is 2.97. The Labute approximate surface area is 89.1 Å². The van der Waals surface area contributed by atoms with Gasteiger partial charge >= 0.3 is 5.97 Å². The molecule has 0 aromatic carbocycles. The fourth-order valence-corrected chi connectivity index (χ4v) is 0.853. The predicted octanol–water partition coefficient (Wildman–Crippen LogP) is 0.211. The Morgan fingerprint density at radius 3 is 2.67 bits per heavy atom. The molecule has 0 spiro atoms. The molecule has 5 heteroatoms. The molecule has 0 radical (unpaired) electrons. The van der Waals surface area contributed by atoms with E-state index in [4.69, 9.17) is 9.84 Å². The summed E-state index contributed by atoms with van der Waals surface area (Å²) in [7, 11) is 1.53. The highest BCUT2D eigenvalue weighted by molar-refractivity contribution is 5.90. The second-order valence-electron chi connectivity index (χ2n) is 2.97. The third-order valence-electron chi connectivity index (χ3n) is 1.71. The Morgan fingerprint density at radius 2 is 2.20 bits per heavy atom. The Morgan fingerprint density at radius 1 is 1.53 bits per heavy atom. The van der Waals surface area contributed by atoms with Crippen LogP contribution in [0.3, 0.4) is 0 Å². The lowest BCUT2D eigenvalue weighted by atomic mass is 10.3. The van der Waals surface area contributed by atoms with Crippen LogP contribution < -0.4 is 5.32 Å². The summed E-state index contributed by atoms with van der Waals surface area (Å²) in [6.07, 6.45) is 3.97. The minimum absolute atomic E-state index is 0.0163. The first-order valence-electron chi connectivity index (χ1n) is 4.79. The van der Waals surface area contributed by atoms with Gasteiger partial charge in [0.15, 0.2) is 5.78 Å². The summed E-state index contributed by atoms with van der Waals surface area (Å²) in [5, 5.41) is 11.2. The van der Waals surface area contributed by atoms with Crippen molar-refractivity contribution < 1.29 is 19.4 Å². The quantitative estimate of drug-likeness (QED) is 0.566. The lowest BCUT2D eigenvalue weighted by molar-refractivity contribution is -0.141. The molecular weight excluding hydrogens is 198 g/mol. The lowest BCUT2D eigenvalue weighted by Crippen LogP contribution is -2.38. The number of allylic oxidation sites excluding steroid dienone is 1. The summed E-state index contributed by atoms with van der Waals surface area (Å²) in [6.45, 7) is 1.82. The summed E-state index contributed by atoms with van der Waals surface area (Å²) in [6, 6.07) is -0.770. The molecule has 0 aromatic heterocycles. The highest BCUT2D eigenvalue weighted by atomic mass is 16.5. The fraction of sp³-hybridized carbons (Fsp3) is 0.600. The largest absolute Gasteiger partial charge is 0.480 e. The van der Waals surface area contributed by atoms with Gasteiger partial charge in [0.25, 0.3) is 0 Å². The van der Waals surface area contributed by atoms with E-state index < -0.39 is 12.0 Å². The van der Waals surface area contributed by atoms with Crippen molar-refractivity contribution in [2.45, 2.75) is 19.4 Å². The van der Waals surface area contributed by atoms with Crippen LogP contribution in [0, 0.1) is 0 Å². The Kier molecular flexibility index (Phi) is 7.49. The zero-order valence-electron chi connectivity index (χ0n) is 9.03. The first-order valence-corrected chi connectivity index (χ1v) is 4.79. The molecule has 0 aromatic rings. The molecule has 15 heavy (non-hydrogen) atoms. The highest BCUT2D eigenvalue weighted by Crippen LogP contribution is 1.88. The maximum Gasteiger partial charge on any atom is 0.323 e. The van der Waals surface area contributed by atoms with Gasteiger partial charge in [-0.3, -0.25) is 9.59 Å². The molecule has 0 rings (SSSR count). The summed E-state index contributed by atoms with van der Waals surface area (Å²) < 4.78 is 4.96. The van der Waals surface area contributed by atoms with Crippen LogP contribution in [0.15, 0.2) is 12.2 Å². The molecule has 2 N–H and O–H groups in total. The van der Waals surface area contributed by atoms with Gasteiger partial charge in [0, 0.05) is 0 Å². The zero-order valence-corrected chi connectivity index (χ0v) is 9.03. The minimum atomic E-state index is -0.992. The van der Waals surface area contributed by atoms with Crippen molar-refractivity contribution in [2.24, 2.45) is 0 Å². The number of aliphatic carboxylic acids is 1. The minimum Gasteiger partial charge on any atom is -0.480 e. The van der Waals surface area contributed by atoms with E-state index in [1.807, 2.05) is 6.92 Å². The highest BCUT2D eigenvalue weighted by Gasteiger charge is 2.14. The molecule has 0 bridgehead atoms. The summed E-state index contributed by atoms with van der Waals surface area (Å²) >= 11 is 0. The average Bonchev–Trinajstić information content (AvgIpc) is 2.20. The van der Waals surface area contributed by atoms with Crippen molar-refractivity contribution >= 4 is 11.8 Å². The van der Waals surface area contributed by atoms with Gasteiger partial charge in [-0.2, -0.15) is 0 Å². The standard InChI is InChI=1S/C10H17NO4/c1-3-4-5-8(12)6-15-7-9(11-2)10(13)14/h4-5,9,11H,3,6-7H2,1-2H3,(H,13,14)/b5-4+/t9-/m0/s1. The monoisotopic (exact) mass is 215 g/mol. The fourth-order valence-electron chi connectivity index (χ4n) is 0.853. The van der Waals surface area contributed by atoms with Gasteiger partial charge in [-0.1, -0.05) is 13.0 Å². The molecule has 86 valence electrons. The van der Waals surface area contributed by atoms with Crippen LogP contribution in [-0.2, 0) is 14.3 Å². The molecule has 0 heterocycles. The van der Waals surface area contributed by atoms with E-state index in [1.54, 1.807) is 6.08 Å². The normalized spacial score (nSPS) is 12.9. The third kappa shape index (κ3) is 6.82. The van der Waals surface area contributed by atoms with Crippen LogP contribution in [0.4, 0.5) is 0 Å². The Balaban J connectivity index is 3.73. The van der Waals surface area contributed by atoms with Crippen LogP contribution in [0.5, 0.6) is 0 Å². The van der Waals surface area contributed by atoms with Crippen LogP contribution in [0.25, 0.3) is 0 Å². The molecule has 0 amide bonds. The number of rotatable bonds is 8. The van der Waals surface area contributed by atoms with Gasteiger partial charge in [0.05, 0.1) is 6.61 Å². The Hall–Kier alpha value is -1.20. The smallest absolute Gasteiger partial charge is 0.323 e. The number of carboxylic acids is 1.